The van der Waals surface area contributed by atoms with E-state index in [1.165, 1.54) is 17.1 Å². The van der Waals surface area contributed by atoms with Gasteiger partial charge in [0, 0.05) is 6.20 Å². The maximum absolute atomic E-state index is 11.0. The molecule has 8 nitrogen and oxygen atoms in total. The van der Waals surface area contributed by atoms with Crippen molar-refractivity contribution in [1.82, 2.24) is 24.7 Å². The smallest absolute Gasteiger partial charge is 0.322 e. The minimum absolute atomic E-state index is 0.0211. The van der Waals surface area contributed by atoms with Gasteiger partial charge in [0.1, 0.15) is 0 Å². The summed E-state index contributed by atoms with van der Waals surface area (Å²) in [6.45, 7) is 2.42. The monoisotopic (exact) mass is 282 g/mol. The quantitative estimate of drug-likeness (QED) is 0.860. The molecule has 19 heavy (non-hydrogen) atoms. The average Bonchev–Trinajstić information content (AvgIpc) is 2.85. The summed E-state index contributed by atoms with van der Waals surface area (Å²) in [7, 11) is 0. The van der Waals surface area contributed by atoms with E-state index in [0.717, 1.165) is 6.42 Å². The number of carbonyl (C=O) groups excluding carboxylic acids is 1. The van der Waals surface area contributed by atoms with E-state index in [-0.39, 0.29) is 22.8 Å². The van der Waals surface area contributed by atoms with Crippen LogP contribution in [0.5, 0.6) is 6.01 Å². The molecular formula is C10H11ClN6O2. The molecule has 0 aliphatic rings. The Bertz CT molecular complexity index is 599. The van der Waals surface area contributed by atoms with Crippen LogP contribution in [0.25, 0.3) is 5.95 Å². The Morgan fingerprint density at radius 1 is 1.47 bits per heavy atom. The lowest BCUT2D eigenvalue weighted by molar-refractivity contribution is 0.100. The topological polar surface area (TPSA) is 109 Å². The third-order valence-corrected chi connectivity index (χ3v) is 2.25. The Hall–Kier alpha value is -2.22. The van der Waals surface area contributed by atoms with Crippen LogP contribution in [0.3, 0.4) is 0 Å². The molecule has 0 aromatic carbocycles. The van der Waals surface area contributed by atoms with E-state index in [1.807, 2.05) is 6.92 Å². The van der Waals surface area contributed by atoms with Crippen LogP contribution in [-0.4, -0.2) is 37.2 Å². The number of aromatic nitrogens is 5. The van der Waals surface area contributed by atoms with Gasteiger partial charge in [-0.1, -0.05) is 6.92 Å². The zero-order valence-corrected chi connectivity index (χ0v) is 10.8. The molecule has 2 rings (SSSR count). The Morgan fingerprint density at radius 2 is 2.26 bits per heavy atom. The van der Waals surface area contributed by atoms with Crippen molar-refractivity contribution in [3.63, 3.8) is 0 Å². The summed E-state index contributed by atoms with van der Waals surface area (Å²) in [4.78, 5) is 22.7. The van der Waals surface area contributed by atoms with Gasteiger partial charge in [-0.05, 0) is 18.0 Å². The summed E-state index contributed by atoms with van der Waals surface area (Å²) in [6.07, 6.45) is 3.52. The predicted octanol–water partition coefficient (Wildman–Crippen LogP) is 0.598. The number of primary amides is 1. The third-order valence-electron chi connectivity index (χ3n) is 2.08. The molecule has 0 aliphatic carbocycles. The van der Waals surface area contributed by atoms with E-state index in [1.54, 1.807) is 0 Å². The van der Waals surface area contributed by atoms with Gasteiger partial charge in [0.15, 0.2) is 0 Å². The van der Waals surface area contributed by atoms with Gasteiger partial charge in [-0.2, -0.15) is 20.1 Å². The van der Waals surface area contributed by atoms with Gasteiger partial charge in [0.25, 0.3) is 11.9 Å². The zero-order chi connectivity index (χ0) is 13.8. The fourth-order valence-corrected chi connectivity index (χ4v) is 1.39. The highest BCUT2D eigenvalue weighted by molar-refractivity contribution is 6.28. The van der Waals surface area contributed by atoms with Crippen molar-refractivity contribution >= 4 is 17.5 Å². The molecule has 2 aromatic rings. The second-order valence-corrected chi connectivity index (χ2v) is 3.91. The largest absolute Gasteiger partial charge is 0.463 e. The van der Waals surface area contributed by atoms with Crippen LogP contribution < -0.4 is 10.5 Å². The predicted molar refractivity (Wildman–Crippen MR) is 66.3 cm³/mol. The van der Waals surface area contributed by atoms with E-state index in [2.05, 4.69) is 20.1 Å². The Kier molecular flexibility index (Phi) is 3.91. The van der Waals surface area contributed by atoms with Crippen molar-refractivity contribution in [2.75, 3.05) is 6.61 Å². The molecule has 9 heteroatoms. The highest BCUT2D eigenvalue weighted by atomic mass is 35.5. The third kappa shape index (κ3) is 3.16. The minimum Gasteiger partial charge on any atom is -0.463 e. The van der Waals surface area contributed by atoms with E-state index in [4.69, 9.17) is 22.1 Å². The molecule has 100 valence electrons. The van der Waals surface area contributed by atoms with E-state index in [0.29, 0.717) is 6.61 Å². The molecule has 0 spiro atoms. The molecule has 0 saturated heterocycles. The standard InChI is InChI=1S/C10H11ClN6O2/c1-2-3-19-10-15-8(11)14-9(16-10)17-5-6(4-13-17)7(12)18/h4-5H,2-3H2,1H3,(H2,12,18). The number of nitrogens with two attached hydrogens (primary N) is 1. The number of nitrogens with zero attached hydrogens (tertiary/aromatic N) is 5. The van der Waals surface area contributed by atoms with E-state index < -0.39 is 5.91 Å². The maximum Gasteiger partial charge on any atom is 0.322 e. The summed E-state index contributed by atoms with van der Waals surface area (Å²) in [5.41, 5.74) is 5.38. The summed E-state index contributed by atoms with van der Waals surface area (Å²) >= 11 is 5.77. The SMILES string of the molecule is CCCOc1nc(Cl)nc(-n2cc(C(N)=O)cn2)n1. The molecule has 0 atom stereocenters. The number of rotatable bonds is 5. The van der Waals surface area contributed by atoms with Crippen LogP contribution in [0.15, 0.2) is 12.4 Å². The number of amides is 1. The van der Waals surface area contributed by atoms with Gasteiger partial charge < -0.3 is 10.5 Å². The van der Waals surface area contributed by atoms with Crippen LogP contribution in [0, 0.1) is 0 Å². The van der Waals surface area contributed by atoms with Crippen LogP contribution in [0.2, 0.25) is 5.28 Å². The van der Waals surface area contributed by atoms with Crippen molar-refractivity contribution in [2.24, 2.45) is 5.73 Å². The molecule has 0 saturated carbocycles. The Morgan fingerprint density at radius 3 is 2.89 bits per heavy atom. The summed E-state index contributed by atoms with van der Waals surface area (Å²) in [5, 5.41) is 3.90. The highest BCUT2D eigenvalue weighted by Gasteiger charge is 2.11. The molecule has 1 amide bonds. The first-order chi connectivity index (χ1) is 9.10. The van der Waals surface area contributed by atoms with E-state index in [9.17, 15) is 4.79 Å². The summed E-state index contributed by atoms with van der Waals surface area (Å²) < 4.78 is 6.54. The first-order valence-electron chi connectivity index (χ1n) is 5.49. The fourth-order valence-electron chi connectivity index (χ4n) is 1.24. The molecule has 0 aliphatic heterocycles. The normalized spacial score (nSPS) is 10.4. The number of ether oxygens (including phenoxy) is 1. The summed E-state index contributed by atoms with van der Waals surface area (Å²) in [5.74, 6) is -0.438. The molecular weight excluding hydrogens is 272 g/mol. The molecule has 2 N–H and O–H groups in total. The minimum atomic E-state index is -0.589. The first kappa shape index (κ1) is 13.2. The number of hydrogen-bond donors (Lipinski definition) is 1. The van der Waals surface area contributed by atoms with Gasteiger partial charge in [-0.15, -0.1) is 0 Å². The van der Waals surface area contributed by atoms with Crippen molar-refractivity contribution in [3.05, 3.63) is 23.2 Å². The second kappa shape index (κ2) is 5.61. The number of hydrogen-bond acceptors (Lipinski definition) is 6. The lowest BCUT2D eigenvalue weighted by Gasteiger charge is -2.04. The van der Waals surface area contributed by atoms with Crippen molar-refractivity contribution in [1.29, 1.82) is 0 Å². The van der Waals surface area contributed by atoms with Gasteiger partial charge in [-0.3, -0.25) is 4.79 Å². The summed E-state index contributed by atoms with van der Waals surface area (Å²) in [6, 6.07) is 0.105. The Balaban J connectivity index is 2.32. The lowest BCUT2D eigenvalue weighted by atomic mass is 10.4. The van der Waals surface area contributed by atoms with Crippen molar-refractivity contribution < 1.29 is 9.53 Å². The molecule has 0 bridgehead atoms. The number of carbonyl (C=O) groups is 1. The lowest BCUT2D eigenvalue weighted by Crippen LogP contribution is -2.10. The zero-order valence-electron chi connectivity index (χ0n) is 10.1. The molecule has 0 radical (unpaired) electrons. The van der Waals surface area contributed by atoms with Crippen LogP contribution in [0.1, 0.15) is 23.7 Å². The van der Waals surface area contributed by atoms with Gasteiger partial charge >= 0.3 is 6.01 Å². The fraction of sp³-hybridized carbons (Fsp3) is 0.300. The molecule has 0 fully saturated rings. The molecule has 0 unspecified atom stereocenters. The van der Waals surface area contributed by atoms with Crippen molar-refractivity contribution in [2.45, 2.75) is 13.3 Å². The van der Waals surface area contributed by atoms with Crippen LogP contribution >= 0.6 is 11.6 Å². The first-order valence-corrected chi connectivity index (χ1v) is 5.87. The van der Waals surface area contributed by atoms with Crippen molar-refractivity contribution in [3.8, 4) is 12.0 Å². The average molecular weight is 283 g/mol. The van der Waals surface area contributed by atoms with E-state index >= 15 is 0 Å². The number of halogens is 1. The highest BCUT2D eigenvalue weighted by Crippen LogP contribution is 2.11. The second-order valence-electron chi connectivity index (χ2n) is 3.57. The Labute approximate surface area is 113 Å². The molecule has 2 heterocycles. The van der Waals surface area contributed by atoms with Gasteiger partial charge in [0.2, 0.25) is 5.28 Å². The van der Waals surface area contributed by atoms with Crippen LogP contribution in [-0.2, 0) is 0 Å². The van der Waals surface area contributed by atoms with Gasteiger partial charge in [-0.25, -0.2) is 4.68 Å². The van der Waals surface area contributed by atoms with Gasteiger partial charge in [0.05, 0.1) is 18.4 Å². The van der Waals surface area contributed by atoms with Crippen LogP contribution in [0.4, 0.5) is 0 Å². The molecule has 2 aromatic heterocycles. The maximum atomic E-state index is 11.0.